The number of fused-ring (bicyclic) bond motifs is 1. The second-order valence-electron chi connectivity index (χ2n) is 7.28. The van der Waals surface area contributed by atoms with Crippen LogP contribution in [0.15, 0.2) is 66.7 Å². The molecular weight excluding hydrogens is 380 g/mol. The molecule has 1 saturated heterocycles. The lowest BCUT2D eigenvalue weighted by Gasteiger charge is -2.34. The molecule has 0 radical (unpaired) electrons. The summed E-state index contributed by atoms with van der Waals surface area (Å²) in [5.41, 5.74) is 2.67. The maximum Gasteiger partial charge on any atom is 0.257 e. The zero-order valence-electron chi connectivity index (χ0n) is 16.4. The van der Waals surface area contributed by atoms with Gasteiger partial charge < -0.3 is 15.1 Å². The molecule has 1 heterocycles. The molecule has 3 aromatic rings. The van der Waals surface area contributed by atoms with Crippen LogP contribution >= 0.6 is 12.2 Å². The minimum Gasteiger partial charge on any atom is -0.368 e. The maximum absolute atomic E-state index is 12.3. The Bertz CT molecular complexity index is 1030. The molecule has 2 N–H and O–H groups in total. The number of nitrogens with one attached hydrogen (secondary N) is 2. The Kier molecular flexibility index (Phi) is 5.74. The minimum atomic E-state index is -0.220. The number of rotatable bonds is 3. The molecule has 4 rings (SSSR count). The van der Waals surface area contributed by atoms with Crippen molar-refractivity contribution in [2.75, 3.05) is 43.4 Å². The first-order chi connectivity index (χ1) is 14.1. The SMILES string of the molecule is CN1CCN(c2cccc3ccc(NC(=S)NC(=O)c4ccccc4)cc23)CC1. The molecule has 0 atom stereocenters. The van der Waals surface area contributed by atoms with Crippen LogP contribution in [0, 0.1) is 0 Å². The van der Waals surface area contributed by atoms with Crippen molar-refractivity contribution in [2.24, 2.45) is 0 Å². The minimum absolute atomic E-state index is 0.220. The summed E-state index contributed by atoms with van der Waals surface area (Å²) in [7, 11) is 2.16. The highest BCUT2D eigenvalue weighted by molar-refractivity contribution is 7.80. The van der Waals surface area contributed by atoms with E-state index in [4.69, 9.17) is 12.2 Å². The van der Waals surface area contributed by atoms with Crippen LogP contribution in [0.3, 0.4) is 0 Å². The zero-order valence-corrected chi connectivity index (χ0v) is 17.2. The number of amides is 1. The van der Waals surface area contributed by atoms with Crippen LogP contribution in [0.25, 0.3) is 10.8 Å². The number of hydrogen-bond acceptors (Lipinski definition) is 4. The molecule has 0 saturated carbocycles. The fourth-order valence-electron chi connectivity index (χ4n) is 3.58. The van der Waals surface area contributed by atoms with Crippen LogP contribution < -0.4 is 15.5 Å². The lowest BCUT2D eigenvalue weighted by Crippen LogP contribution is -2.44. The van der Waals surface area contributed by atoms with Gasteiger partial charge in [0.25, 0.3) is 5.91 Å². The fraction of sp³-hybridized carbons (Fsp3) is 0.217. The molecule has 0 spiro atoms. The molecule has 0 aliphatic carbocycles. The van der Waals surface area contributed by atoms with E-state index in [1.54, 1.807) is 12.1 Å². The summed E-state index contributed by atoms with van der Waals surface area (Å²) in [5, 5.41) is 8.54. The first kappa shape index (κ1) is 19.4. The highest BCUT2D eigenvalue weighted by Crippen LogP contribution is 2.30. The number of thiocarbonyl (C=S) groups is 1. The molecule has 5 nitrogen and oxygen atoms in total. The highest BCUT2D eigenvalue weighted by Gasteiger charge is 2.16. The number of nitrogens with zero attached hydrogens (tertiary/aromatic N) is 2. The lowest BCUT2D eigenvalue weighted by atomic mass is 10.1. The summed E-state index contributed by atoms with van der Waals surface area (Å²) in [6.07, 6.45) is 0. The summed E-state index contributed by atoms with van der Waals surface area (Å²) >= 11 is 5.35. The van der Waals surface area contributed by atoms with E-state index in [9.17, 15) is 4.79 Å². The van der Waals surface area contributed by atoms with Gasteiger partial charge in [-0.3, -0.25) is 10.1 Å². The van der Waals surface area contributed by atoms with E-state index >= 15 is 0 Å². The molecule has 1 fully saturated rings. The van der Waals surface area contributed by atoms with Crippen LogP contribution in [-0.2, 0) is 0 Å². The third-order valence-electron chi connectivity index (χ3n) is 5.22. The molecule has 1 aliphatic rings. The maximum atomic E-state index is 12.3. The van der Waals surface area contributed by atoms with Gasteiger partial charge >= 0.3 is 0 Å². The second kappa shape index (κ2) is 8.59. The van der Waals surface area contributed by atoms with Gasteiger partial charge in [0.05, 0.1) is 0 Å². The molecule has 1 aliphatic heterocycles. The zero-order chi connectivity index (χ0) is 20.2. The molecular formula is C23H24N4OS. The van der Waals surface area contributed by atoms with Crippen molar-refractivity contribution in [2.45, 2.75) is 0 Å². The Balaban J connectivity index is 1.51. The number of carbonyl (C=O) groups is 1. The number of piperazine rings is 1. The quantitative estimate of drug-likeness (QED) is 0.652. The van der Waals surface area contributed by atoms with Gasteiger partial charge in [0, 0.05) is 48.5 Å². The van der Waals surface area contributed by atoms with E-state index in [0.717, 1.165) is 31.9 Å². The summed E-state index contributed by atoms with van der Waals surface area (Å²) in [5.74, 6) is -0.220. The van der Waals surface area contributed by atoms with Gasteiger partial charge in [-0.2, -0.15) is 0 Å². The van der Waals surface area contributed by atoms with Crippen LogP contribution in [-0.4, -0.2) is 49.1 Å². The summed E-state index contributed by atoms with van der Waals surface area (Å²) in [4.78, 5) is 17.1. The van der Waals surface area contributed by atoms with E-state index < -0.39 is 0 Å². The molecule has 1 amide bonds. The van der Waals surface area contributed by atoms with Crippen molar-refractivity contribution in [3.05, 3.63) is 72.3 Å². The van der Waals surface area contributed by atoms with Gasteiger partial charge in [0.15, 0.2) is 5.11 Å². The largest absolute Gasteiger partial charge is 0.368 e. The number of benzene rings is 3. The van der Waals surface area contributed by atoms with E-state index in [-0.39, 0.29) is 11.0 Å². The average molecular weight is 405 g/mol. The fourth-order valence-corrected chi connectivity index (χ4v) is 3.79. The number of anilines is 2. The van der Waals surface area contributed by atoms with Crippen molar-refractivity contribution in [1.82, 2.24) is 10.2 Å². The first-order valence-electron chi connectivity index (χ1n) is 9.74. The van der Waals surface area contributed by atoms with Gasteiger partial charge in [0.2, 0.25) is 0 Å². The number of likely N-dealkylation sites (N-methyl/N-ethyl adjacent to an activating group) is 1. The molecule has 29 heavy (non-hydrogen) atoms. The van der Waals surface area contributed by atoms with Gasteiger partial charge in [-0.1, -0.05) is 36.4 Å². The van der Waals surface area contributed by atoms with Gasteiger partial charge in [-0.05, 0) is 55.0 Å². The smallest absolute Gasteiger partial charge is 0.257 e. The van der Waals surface area contributed by atoms with Crippen molar-refractivity contribution in [3.8, 4) is 0 Å². The summed E-state index contributed by atoms with van der Waals surface area (Å²) in [6, 6.07) is 21.6. The van der Waals surface area contributed by atoms with Gasteiger partial charge in [0.1, 0.15) is 0 Å². The number of hydrogen-bond donors (Lipinski definition) is 2. The third kappa shape index (κ3) is 4.55. The molecule has 148 valence electrons. The van der Waals surface area contributed by atoms with Crippen LogP contribution in [0.2, 0.25) is 0 Å². The molecule has 0 bridgehead atoms. The van der Waals surface area contributed by atoms with E-state index in [1.165, 1.54) is 16.5 Å². The number of carbonyl (C=O) groups excluding carboxylic acids is 1. The van der Waals surface area contributed by atoms with Gasteiger partial charge in [-0.25, -0.2) is 0 Å². The highest BCUT2D eigenvalue weighted by atomic mass is 32.1. The third-order valence-corrected chi connectivity index (χ3v) is 5.43. The standard InChI is InChI=1S/C23H24N4OS/c1-26-12-14-27(15-13-26)21-9-5-8-17-10-11-19(16-20(17)21)24-23(29)25-22(28)18-6-3-2-4-7-18/h2-11,16H,12-15H2,1H3,(H2,24,25,28,29). The molecule has 3 aromatic carbocycles. The Morgan fingerprint density at radius 1 is 0.931 bits per heavy atom. The summed E-state index contributed by atoms with van der Waals surface area (Å²) < 4.78 is 0. The van der Waals surface area contributed by atoms with E-state index in [2.05, 4.69) is 57.8 Å². The predicted octanol–water partition coefficient (Wildman–Crippen LogP) is 3.72. The van der Waals surface area contributed by atoms with Crippen molar-refractivity contribution in [1.29, 1.82) is 0 Å². The van der Waals surface area contributed by atoms with Crippen LogP contribution in [0.1, 0.15) is 10.4 Å². The van der Waals surface area contributed by atoms with Gasteiger partial charge in [-0.15, -0.1) is 0 Å². The Labute approximate surface area is 176 Å². The monoisotopic (exact) mass is 404 g/mol. The Hall–Kier alpha value is -2.96. The Morgan fingerprint density at radius 3 is 2.45 bits per heavy atom. The van der Waals surface area contributed by atoms with Crippen molar-refractivity contribution < 1.29 is 4.79 Å². The van der Waals surface area contributed by atoms with Crippen molar-refractivity contribution in [3.63, 3.8) is 0 Å². The van der Waals surface area contributed by atoms with Crippen LogP contribution in [0.5, 0.6) is 0 Å². The van der Waals surface area contributed by atoms with E-state index in [1.807, 2.05) is 24.3 Å². The predicted molar refractivity (Wildman–Crippen MR) is 124 cm³/mol. The molecule has 0 unspecified atom stereocenters. The second-order valence-corrected chi connectivity index (χ2v) is 7.69. The van der Waals surface area contributed by atoms with Crippen LogP contribution in [0.4, 0.5) is 11.4 Å². The summed E-state index contributed by atoms with van der Waals surface area (Å²) in [6.45, 7) is 4.14. The first-order valence-corrected chi connectivity index (χ1v) is 10.1. The average Bonchev–Trinajstić information content (AvgIpc) is 2.74. The normalized spacial score (nSPS) is 14.6. The Morgan fingerprint density at radius 2 is 1.69 bits per heavy atom. The lowest BCUT2D eigenvalue weighted by molar-refractivity contribution is 0.0977. The van der Waals surface area contributed by atoms with Crippen molar-refractivity contribution >= 4 is 45.4 Å². The molecule has 0 aromatic heterocycles. The topological polar surface area (TPSA) is 47.6 Å². The van der Waals surface area contributed by atoms with E-state index in [0.29, 0.717) is 5.56 Å². The molecule has 6 heteroatoms.